The first-order chi connectivity index (χ1) is 14.5. The molecule has 150 valence electrons. The Balaban J connectivity index is 1.80. The number of ether oxygens (including phenoxy) is 2. The Morgan fingerprint density at radius 3 is 1.50 bits per heavy atom. The van der Waals surface area contributed by atoms with Gasteiger partial charge in [-0.3, -0.25) is 4.79 Å². The third kappa shape index (κ3) is 3.42. The van der Waals surface area contributed by atoms with Crippen molar-refractivity contribution in [3.05, 3.63) is 82.9 Å². The number of aromatic hydroxyl groups is 2. The second-order valence-electron chi connectivity index (χ2n) is 6.85. The summed E-state index contributed by atoms with van der Waals surface area (Å²) in [5.74, 6) is 0.636. The molecule has 0 unspecified atom stereocenters. The summed E-state index contributed by atoms with van der Waals surface area (Å²) in [7, 11) is 2.97. The van der Waals surface area contributed by atoms with Crippen LogP contribution < -0.4 is 9.47 Å². The summed E-state index contributed by atoms with van der Waals surface area (Å²) >= 11 is 0. The molecule has 30 heavy (non-hydrogen) atoms. The van der Waals surface area contributed by atoms with Crippen molar-refractivity contribution >= 4 is 29.1 Å². The third-order valence-corrected chi connectivity index (χ3v) is 5.02. The number of fused-ring (bicyclic) bond motifs is 1. The molecule has 1 aliphatic carbocycles. The van der Waals surface area contributed by atoms with E-state index >= 15 is 0 Å². The van der Waals surface area contributed by atoms with Crippen LogP contribution in [0.5, 0.6) is 23.0 Å². The van der Waals surface area contributed by atoms with Crippen LogP contribution in [0.15, 0.2) is 60.7 Å². The molecule has 0 heterocycles. The van der Waals surface area contributed by atoms with Crippen LogP contribution in [-0.2, 0) is 4.79 Å². The molecule has 2 N–H and O–H groups in total. The van der Waals surface area contributed by atoms with Gasteiger partial charge in [-0.25, -0.2) is 0 Å². The first-order valence-electron chi connectivity index (χ1n) is 9.33. The fourth-order valence-corrected chi connectivity index (χ4v) is 3.56. The summed E-state index contributed by atoms with van der Waals surface area (Å²) in [6, 6.07) is 17.6. The van der Waals surface area contributed by atoms with Crippen LogP contribution >= 0.6 is 0 Å². The Bertz CT molecular complexity index is 1110. The third-order valence-electron chi connectivity index (χ3n) is 5.02. The average Bonchev–Trinajstić information content (AvgIpc) is 3.00. The standard InChI is InChI=1S/C25H20O5/c1-29-23-9-7-15(13-21(23)26)11-19-17-5-3-4-6-18(17)20(25(19)28)12-16-8-10-24(30-2)22(27)14-16/h3-14,26-27H,1-2H3/b19-11+,20-12+. The Morgan fingerprint density at radius 2 is 1.13 bits per heavy atom. The Hall–Kier alpha value is -3.99. The Morgan fingerprint density at radius 1 is 0.700 bits per heavy atom. The van der Waals surface area contributed by atoms with Gasteiger partial charge in [-0.1, -0.05) is 36.4 Å². The van der Waals surface area contributed by atoms with Gasteiger partial charge in [-0.2, -0.15) is 0 Å². The van der Waals surface area contributed by atoms with Crippen molar-refractivity contribution in [1.82, 2.24) is 0 Å². The minimum atomic E-state index is -0.123. The SMILES string of the molecule is COc1ccc(/C=C2/C(=O)/C(=C/c3ccc(OC)c(O)c3)c3ccccc32)cc1O. The second-order valence-corrected chi connectivity index (χ2v) is 6.85. The average molecular weight is 400 g/mol. The zero-order valence-electron chi connectivity index (χ0n) is 16.5. The lowest BCUT2D eigenvalue weighted by Crippen LogP contribution is -1.94. The highest BCUT2D eigenvalue weighted by molar-refractivity contribution is 6.51. The topological polar surface area (TPSA) is 76.0 Å². The van der Waals surface area contributed by atoms with Gasteiger partial charge in [0.15, 0.2) is 28.8 Å². The number of methoxy groups -OCH3 is 2. The van der Waals surface area contributed by atoms with E-state index in [0.717, 1.165) is 11.1 Å². The van der Waals surface area contributed by atoms with E-state index in [1.807, 2.05) is 24.3 Å². The maximum atomic E-state index is 13.3. The molecule has 3 aromatic rings. The lowest BCUT2D eigenvalue weighted by Gasteiger charge is -2.05. The van der Waals surface area contributed by atoms with E-state index in [0.29, 0.717) is 33.8 Å². The summed E-state index contributed by atoms with van der Waals surface area (Å²) in [4.78, 5) is 13.3. The number of carbonyl (C=O) groups is 1. The number of allylic oxidation sites excluding steroid dienone is 2. The number of hydrogen-bond acceptors (Lipinski definition) is 5. The molecule has 0 spiro atoms. The lowest BCUT2D eigenvalue weighted by molar-refractivity contribution is -0.108. The molecule has 3 aromatic carbocycles. The smallest absolute Gasteiger partial charge is 0.194 e. The first-order valence-corrected chi connectivity index (χ1v) is 9.33. The summed E-state index contributed by atoms with van der Waals surface area (Å²) in [6.07, 6.45) is 3.51. The summed E-state index contributed by atoms with van der Waals surface area (Å²) in [6.45, 7) is 0. The minimum Gasteiger partial charge on any atom is -0.504 e. The van der Waals surface area contributed by atoms with Crippen molar-refractivity contribution < 1.29 is 24.5 Å². The molecule has 0 radical (unpaired) electrons. The van der Waals surface area contributed by atoms with E-state index in [1.165, 1.54) is 14.2 Å². The van der Waals surface area contributed by atoms with Crippen molar-refractivity contribution in [2.45, 2.75) is 0 Å². The molecule has 0 aliphatic heterocycles. The number of phenols is 2. The van der Waals surface area contributed by atoms with Crippen LogP contribution in [-0.4, -0.2) is 30.2 Å². The maximum Gasteiger partial charge on any atom is 0.194 e. The van der Waals surface area contributed by atoms with Gasteiger partial charge in [0.2, 0.25) is 0 Å². The van der Waals surface area contributed by atoms with Crippen molar-refractivity contribution in [2.24, 2.45) is 0 Å². The number of benzene rings is 3. The second kappa shape index (κ2) is 7.79. The van der Waals surface area contributed by atoms with E-state index in [2.05, 4.69) is 0 Å². The lowest BCUT2D eigenvalue weighted by atomic mass is 10.0. The number of carbonyl (C=O) groups excluding carboxylic acids is 1. The van der Waals surface area contributed by atoms with Gasteiger partial charge in [0.25, 0.3) is 0 Å². The number of Topliss-reactive ketones (excluding diaryl/α,β-unsaturated/α-hetero) is 1. The monoisotopic (exact) mass is 400 g/mol. The summed E-state index contributed by atoms with van der Waals surface area (Å²) in [5.41, 5.74) is 4.10. The fourth-order valence-electron chi connectivity index (χ4n) is 3.56. The van der Waals surface area contributed by atoms with Crippen LogP contribution in [0, 0.1) is 0 Å². The molecule has 5 nitrogen and oxygen atoms in total. The molecule has 0 bridgehead atoms. The van der Waals surface area contributed by atoms with Gasteiger partial charge in [-0.15, -0.1) is 0 Å². The van der Waals surface area contributed by atoms with Gasteiger partial charge < -0.3 is 19.7 Å². The predicted molar refractivity (Wildman–Crippen MR) is 117 cm³/mol. The number of ketones is 1. The Labute approximate surface area is 174 Å². The number of phenolic OH excluding ortho intramolecular Hbond substituents is 2. The van der Waals surface area contributed by atoms with Crippen LogP contribution in [0.3, 0.4) is 0 Å². The van der Waals surface area contributed by atoms with Gasteiger partial charge in [0.1, 0.15) is 0 Å². The van der Waals surface area contributed by atoms with Gasteiger partial charge in [-0.05, 0) is 58.7 Å². The molecule has 4 rings (SSSR count). The fraction of sp³-hybridized carbons (Fsp3) is 0.0800. The van der Waals surface area contributed by atoms with Crippen LogP contribution in [0.25, 0.3) is 23.3 Å². The predicted octanol–water partition coefficient (Wildman–Crippen LogP) is 4.78. The van der Waals surface area contributed by atoms with E-state index in [9.17, 15) is 15.0 Å². The summed E-state index contributed by atoms with van der Waals surface area (Å²) in [5, 5.41) is 20.1. The molecule has 0 atom stereocenters. The minimum absolute atomic E-state index is 0.00931. The highest BCUT2D eigenvalue weighted by Gasteiger charge is 2.29. The zero-order chi connectivity index (χ0) is 21.3. The van der Waals surface area contributed by atoms with Crippen molar-refractivity contribution in [3.8, 4) is 23.0 Å². The summed E-state index contributed by atoms with van der Waals surface area (Å²) < 4.78 is 10.2. The largest absolute Gasteiger partial charge is 0.504 e. The number of hydrogen-bond donors (Lipinski definition) is 2. The van der Waals surface area contributed by atoms with Crippen molar-refractivity contribution in [1.29, 1.82) is 0 Å². The van der Waals surface area contributed by atoms with Crippen LogP contribution in [0.4, 0.5) is 0 Å². The molecule has 0 saturated carbocycles. The van der Waals surface area contributed by atoms with Gasteiger partial charge >= 0.3 is 0 Å². The van der Waals surface area contributed by atoms with Gasteiger partial charge in [0, 0.05) is 11.1 Å². The van der Waals surface area contributed by atoms with Crippen molar-refractivity contribution in [3.63, 3.8) is 0 Å². The van der Waals surface area contributed by atoms with E-state index < -0.39 is 0 Å². The molecular weight excluding hydrogens is 380 g/mol. The molecule has 1 aliphatic rings. The van der Waals surface area contributed by atoms with Crippen LogP contribution in [0.2, 0.25) is 0 Å². The number of rotatable bonds is 4. The van der Waals surface area contributed by atoms with Gasteiger partial charge in [0.05, 0.1) is 14.2 Å². The highest BCUT2D eigenvalue weighted by atomic mass is 16.5. The molecule has 0 saturated heterocycles. The maximum absolute atomic E-state index is 13.3. The van der Waals surface area contributed by atoms with Crippen LogP contribution in [0.1, 0.15) is 22.3 Å². The molecule has 0 fully saturated rings. The zero-order valence-corrected chi connectivity index (χ0v) is 16.5. The molecular formula is C25H20O5. The quantitative estimate of drug-likeness (QED) is 0.617. The van der Waals surface area contributed by atoms with E-state index in [1.54, 1.807) is 48.6 Å². The van der Waals surface area contributed by atoms with E-state index in [4.69, 9.17) is 9.47 Å². The first kappa shape index (κ1) is 19.3. The van der Waals surface area contributed by atoms with E-state index in [-0.39, 0.29) is 17.3 Å². The van der Waals surface area contributed by atoms with Crippen molar-refractivity contribution in [2.75, 3.05) is 14.2 Å². The normalized spacial score (nSPS) is 15.5. The molecule has 0 amide bonds. The molecule has 0 aromatic heterocycles. The highest BCUT2D eigenvalue weighted by Crippen LogP contribution is 2.40. The molecule has 5 heteroatoms. The Kier molecular flexibility index (Phi) is 5.02.